The standard InChI is InChI=1S/C27H34N6O/c1-18(2)24(25-29-30-31-33(25)27(4,5)6)32(16-20-12-8-7-9-13-20)17-22-15-21-14-10-11-19(3)23(21)28-26(22)34/h7-15,18,24H,16-17H2,1-6H3,(H,28,34). The Bertz CT molecular complexity index is 1320. The third-order valence-corrected chi connectivity index (χ3v) is 6.19. The Balaban J connectivity index is 1.81. The van der Waals surface area contributed by atoms with Crippen molar-refractivity contribution in [1.29, 1.82) is 0 Å². The van der Waals surface area contributed by atoms with Crippen LogP contribution in [0.1, 0.15) is 63.2 Å². The van der Waals surface area contributed by atoms with E-state index in [0.29, 0.717) is 13.1 Å². The summed E-state index contributed by atoms with van der Waals surface area (Å²) >= 11 is 0. The molecule has 2 aromatic carbocycles. The highest BCUT2D eigenvalue weighted by molar-refractivity contribution is 5.81. The summed E-state index contributed by atoms with van der Waals surface area (Å²) in [6.07, 6.45) is 0. The van der Waals surface area contributed by atoms with Gasteiger partial charge in [0.1, 0.15) is 0 Å². The fourth-order valence-corrected chi connectivity index (χ4v) is 4.57. The Kier molecular flexibility index (Phi) is 6.66. The Hall–Kier alpha value is -3.32. The van der Waals surface area contributed by atoms with E-state index in [1.54, 1.807) is 0 Å². The van der Waals surface area contributed by atoms with E-state index >= 15 is 0 Å². The molecule has 2 aromatic heterocycles. The van der Waals surface area contributed by atoms with Crippen LogP contribution in [0, 0.1) is 12.8 Å². The lowest BCUT2D eigenvalue weighted by molar-refractivity contribution is 0.120. The number of rotatable bonds is 7. The number of aromatic amines is 1. The van der Waals surface area contributed by atoms with Crippen molar-refractivity contribution in [2.24, 2.45) is 5.92 Å². The van der Waals surface area contributed by atoms with Gasteiger partial charge in [-0.15, -0.1) is 5.10 Å². The molecule has 1 unspecified atom stereocenters. The predicted molar refractivity (Wildman–Crippen MR) is 135 cm³/mol. The first-order valence-corrected chi connectivity index (χ1v) is 11.8. The Morgan fingerprint density at radius 3 is 2.44 bits per heavy atom. The van der Waals surface area contributed by atoms with Crippen LogP contribution in [0.4, 0.5) is 0 Å². The fraction of sp³-hybridized carbons (Fsp3) is 0.407. The number of nitrogens with one attached hydrogen (secondary N) is 1. The van der Waals surface area contributed by atoms with Crippen LogP contribution in [0.15, 0.2) is 59.4 Å². The van der Waals surface area contributed by atoms with Gasteiger partial charge in [-0.1, -0.05) is 62.4 Å². The minimum atomic E-state index is -0.262. The van der Waals surface area contributed by atoms with E-state index in [9.17, 15) is 4.79 Å². The van der Waals surface area contributed by atoms with E-state index in [1.165, 1.54) is 5.56 Å². The summed E-state index contributed by atoms with van der Waals surface area (Å²) in [6, 6.07) is 18.4. The number of aromatic nitrogens is 5. The first kappa shape index (κ1) is 23.8. The van der Waals surface area contributed by atoms with Gasteiger partial charge in [-0.2, -0.15) is 0 Å². The lowest BCUT2D eigenvalue weighted by Gasteiger charge is -2.35. The second-order valence-electron chi connectivity index (χ2n) is 10.4. The zero-order chi connectivity index (χ0) is 24.5. The molecule has 1 atom stereocenters. The number of hydrogen-bond acceptors (Lipinski definition) is 5. The molecule has 0 aliphatic heterocycles. The zero-order valence-electron chi connectivity index (χ0n) is 20.9. The number of fused-ring (bicyclic) bond motifs is 1. The van der Waals surface area contributed by atoms with Gasteiger partial charge < -0.3 is 4.98 Å². The molecule has 7 heteroatoms. The van der Waals surface area contributed by atoms with Crippen LogP contribution >= 0.6 is 0 Å². The fourth-order valence-electron chi connectivity index (χ4n) is 4.57. The topological polar surface area (TPSA) is 79.7 Å². The van der Waals surface area contributed by atoms with Crippen LogP contribution in [0.3, 0.4) is 0 Å². The maximum absolute atomic E-state index is 13.2. The van der Waals surface area contributed by atoms with Crippen LogP contribution in [0.5, 0.6) is 0 Å². The number of tetrazole rings is 1. The molecule has 1 N–H and O–H groups in total. The predicted octanol–water partition coefficient (Wildman–Crippen LogP) is 4.98. The van der Waals surface area contributed by atoms with Crippen LogP contribution in [-0.4, -0.2) is 30.1 Å². The van der Waals surface area contributed by atoms with E-state index in [1.807, 2.05) is 54.1 Å². The molecule has 4 aromatic rings. The van der Waals surface area contributed by atoms with Crippen molar-refractivity contribution in [2.45, 2.75) is 66.2 Å². The molecule has 0 aliphatic carbocycles. The summed E-state index contributed by atoms with van der Waals surface area (Å²) in [7, 11) is 0. The smallest absolute Gasteiger partial charge is 0.252 e. The average Bonchev–Trinajstić information content (AvgIpc) is 3.25. The Morgan fingerprint density at radius 1 is 1.03 bits per heavy atom. The first-order chi connectivity index (χ1) is 16.1. The number of para-hydroxylation sites is 1. The second-order valence-corrected chi connectivity index (χ2v) is 10.4. The molecule has 178 valence electrons. The SMILES string of the molecule is Cc1cccc2cc(CN(Cc3ccccc3)C(c3nnnn3C(C)(C)C)C(C)C)c(=O)[nH]c12. The van der Waals surface area contributed by atoms with Crippen LogP contribution in [0.2, 0.25) is 0 Å². The van der Waals surface area contributed by atoms with Gasteiger partial charge in [0, 0.05) is 18.7 Å². The molecule has 0 aliphatic rings. The van der Waals surface area contributed by atoms with E-state index in [2.05, 4.69) is 72.2 Å². The molecular weight excluding hydrogens is 424 g/mol. The van der Waals surface area contributed by atoms with E-state index < -0.39 is 0 Å². The summed E-state index contributed by atoms with van der Waals surface area (Å²) in [6.45, 7) is 13.8. The Morgan fingerprint density at radius 2 is 1.76 bits per heavy atom. The summed E-state index contributed by atoms with van der Waals surface area (Å²) in [5, 5.41) is 13.8. The van der Waals surface area contributed by atoms with Crippen molar-refractivity contribution in [3.05, 3.63) is 87.5 Å². The lowest BCUT2D eigenvalue weighted by Crippen LogP contribution is -2.37. The molecule has 0 amide bonds. The third kappa shape index (κ3) is 4.94. The second kappa shape index (κ2) is 9.50. The van der Waals surface area contributed by atoms with Gasteiger partial charge in [-0.3, -0.25) is 9.69 Å². The number of benzene rings is 2. The molecule has 7 nitrogen and oxygen atoms in total. The van der Waals surface area contributed by atoms with Crippen LogP contribution in [0.25, 0.3) is 10.9 Å². The lowest BCUT2D eigenvalue weighted by atomic mass is 9.98. The Labute approximate surface area is 200 Å². The molecule has 34 heavy (non-hydrogen) atoms. The number of nitrogens with zero attached hydrogens (tertiary/aromatic N) is 5. The highest BCUT2D eigenvalue weighted by Crippen LogP contribution is 2.32. The zero-order valence-corrected chi connectivity index (χ0v) is 20.9. The largest absolute Gasteiger partial charge is 0.321 e. The number of hydrogen-bond donors (Lipinski definition) is 1. The van der Waals surface area contributed by atoms with E-state index in [4.69, 9.17) is 0 Å². The molecule has 0 spiro atoms. The van der Waals surface area contributed by atoms with Gasteiger partial charge in [-0.25, -0.2) is 4.68 Å². The van der Waals surface area contributed by atoms with Crippen molar-refractivity contribution in [3.63, 3.8) is 0 Å². The number of pyridine rings is 1. The van der Waals surface area contributed by atoms with Crippen molar-refractivity contribution in [2.75, 3.05) is 0 Å². The monoisotopic (exact) mass is 458 g/mol. The molecule has 0 saturated heterocycles. The van der Waals surface area contributed by atoms with Crippen LogP contribution < -0.4 is 5.56 Å². The highest BCUT2D eigenvalue weighted by Gasteiger charge is 2.32. The molecule has 0 saturated carbocycles. The molecule has 0 fully saturated rings. The minimum Gasteiger partial charge on any atom is -0.321 e. The van der Waals surface area contributed by atoms with Crippen molar-refractivity contribution in [3.8, 4) is 0 Å². The quantitative estimate of drug-likeness (QED) is 0.423. The molecule has 0 bridgehead atoms. The molecule has 2 heterocycles. The molecule has 4 rings (SSSR count). The van der Waals surface area contributed by atoms with Crippen molar-refractivity contribution >= 4 is 10.9 Å². The van der Waals surface area contributed by atoms with E-state index in [0.717, 1.165) is 27.9 Å². The average molecular weight is 459 g/mol. The third-order valence-electron chi connectivity index (χ3n) is 6.19. The summed E-state index contributed by atoms with van der Waals surface area (Å²) in [5.41, 5.74) is 3.54. The van der Waals surface area contributed by atoms with Gasteiger partial charge in [0.25, 0.3) is 5.56 Å². The van der Waals surface area contributed by atoms with Gasteiger partial charge in [0.15, 0.2) is 5.82 Å². The number of H-pyrrole nitrogens is 1. The number of aryl methyl sites for hydroxylation is 1. The van der Waals surface area contributed by atoms with E-state index in [-0.39, 0.29) is 23.1 Å². The maximum atomic E-state index is 13.2. The van der Waals surface area contributed by atoms with Gasteiger partial charge >= 0.3 is 0 Å². The maximum Gasteiger partial charge on any atom is 0.252 e. The summed E-state index contributed by atoms with van der Waals surface area (Å²) in [4.78, 5) is 18.6. The molecule has 0 radical (unpaired) electrons. The minimum absolute atomic E-state index is 0.0576. The normalized spacial score (nSPS) is 13.2. The molecular formula is C27H34N6O. The van der Waals surface area contributed by atoms with Crippen LogP contribution in [-0.2, 0) is 18.6 Å². The van der Waals surface area contributed by atoms with Gasteiger partial charge in [0.05, 0.1) is 17.1 Å². The highest BCUT2D eigenvalue weighted by atomic mass is 16.1. The summed E-state index contributed by atoms with van der Waals surface area (Å²) < 4.78 is 1.91. The van der Waals surface area contributed by atoms with Gasteiger partial charge in [0.2, 0.25) is 0 Å². The first-order valence-electron chi connectivity index (χ1n) is 11.8. The van der Waals surface area contributed by atoms with Crippen molar-refractivity contribution < 1.29 is 0 Å². The van der Waals surface area contributed by atoms with Gasteiger partial charge in [-0.05, 0) is 66.6 Å². The van der Waals surface area contributed by atoms with Crippen molar-refractivity contribution in [1.82, 2.24) is 30.1 Å². The summed E-state index contributed by atoms with van der Waals surface area (Å²) in [5.74, 6) is 1.03.